The number of alkyl halides is 5. The molecule has 0 saturated carbocycles. The summed E-state index contributed by atoms with van der Waals surface area (Å²) in [5.41, 5.74) is 0.272. The van der Waals surface area contributed by atoms with Gasteiger partial charge < -0.3 is 9.94 Å². The van der Waals surface area contributed by atoms with Crippen LogP contribution < -0.4 is 4.74 Å². The molecule has 19 heavy (non-hydrogen) atoms. The molecule has 10 heteroatoms. The van der Waals surface area contributed by atoms with Crippen molar-refractivity contribution in [1.82, 2.24) is 9.78 Å². The number of aromatic nitrogens is 2. The van der Waals surface area contributed by atoms with E-state index < -0.39 is 18.7 Å². The predicted molar refractivity (Wildman–Crippen MR) is 53.8 cm³/mol. The van der Waals surface area contributed by atoms with Crippen LogP contribution in [0, 0.1) is 6.92 Å². The summed E-state index contributed by atoms with van der Waals surface area (Å²) in [5.74, 6) is -5.34. The van der Waals surface area contributed by atoms with Crippen LogP contribution in [0.15, 0.2) is 5.16 Å². The zero-order valence-electron chi connectivity index (χ0n) is 9.87. The number of halogens is 5. The normalized spacial score (nSPS) is 13.2. The van der Waals surface area contributed by atoms with Crippen LogP contribution in [0.4, 0.5) is 22.0 Å². The van der Waals surface area contributed by atoms with E-state index >= 15 is 0 Å². The van der Waals surface area contributed by atoms with Crippen LogP contribution in [0.25, 0.3) is 0 Å². The van der Waals surface area contributed by atoms with Crippen molar-refractivity contribution in [2.45, 2.75) is 19.0 Å². The SMILES string of the molecule is Cc1nn(C)c(OCC(F)(F)C(F)(F)F)c1/C=N\O. The third-order valence-corrected chi connectivity index (χ3v) is 2.21. The number of rotatable bonds is 4. The van der Waals surface area contributed by atoms with Gasteiger partial charge in [0, 0.05) is 7.05 Å². The van der Waals surface area contributed by atoms with Crippen molar-refractivity contribution in [3.63, 3.8) is 0 Å². The summed E-state index contributed by atoms with van der Waals surface area (Å²) in [6.45, 7) is -0.437. The molecular formula is C9H10F5N3O2. The van der Waals surface area contributed by atoms with E-state index in [-0.39, 0.29) is 17.1 Å². The first-order chi connectivity index (χ1) is 8.60. The molecule has 5 nitrogen and oxygen atoms in total. The molecule has 0 spiro atoms. The predicted octanol–water partition coefficient (Wildman–Crippen LogP) is 2.11. The molecule has 0 aliphatic heterocycles. The van der Waals surface area contributed by atoms with Gasteiger partial charge in [-0.1, -0.05) is 5.16 Å². The largest absolute Gasteiger partial charge is 0.471 e. The van der Waals surface area contributed by atoms with Gasteiger partial charge >= 0.3 is 12.1 Å². The number of oxime groups is 1. The van der Waals surface area contributed by atoms with Gasteiger partial charge in [0.25, 0.3) is 0 Å². The highest BCUT2D eigenvalue weighted by atomic mass is 19.4. The lowest BCUT2D eigenvalue weighted by atomic mass is 10.3. The zero-order chi connectivity index (χ0) is 14.8. The van der Waals surface area contributed by atoms with Crippen LogP contribution in [0.3, 0.4) is 0 Å². The number of nitrogens with zero attached hydrogens (tertiary/aromatic N) is 3. The number of hydrogen-bond acceptors (Lipinski definition) is 4. The van der Waals surface area contributed by atoms with Crippen molar-refractivity contribution in [1.29, 1.82) is 0 Å². The van der Waals surface area contributed by atoms with E-state index in [1.54, 1.807) is 0 Å². The van der Waals surface area contributed by atoms with Gasteiger partial charge in [-0.2, -0.15) is 27.1 Å². The lowest BCUT2D eigenvalue weighted by molar-refractivity contribution is -0.290. The highest BCUT2D eigenvalue weighted by Crippen LogP contribution is 2.36. The van der Waals surface area contributed by atoms with Gasteiger partial charge in [0.1, 0.15) is 0 Å². The molecular weight excluding hydrogens is 277 g/mol. The van der Waals surface area contributed by atoms with Crippen molar-refractivity contribution in [3.8, 4) is 5.88 Å². The van der Waals surface area contributed by atoms with Crippen LogP contribution in [-0.4, -0.2) is 39.9 Å². The molecule has 1 N–H and O–H groups in total. The topological polar surface area (TPSA) is 59.6 Å². The smallest absolute Gasteiger partial charge is 0.456 e. The van der Waals surface area contributed by atoms with Gasteiger partial charge in [-0.25, -0.2) is 4.68 Å². The van der Waals surface area contributed by atoms with Crippen LogP contribution in [0.2, 0.25) is 0 Å². The van der Waals surface area contributed by atoms with Gasteiger partial charge in [-0.15, -0.1) is 0 Å². The van der Waals surface area contributed by atoms with E-state index in [9.17, 15) is 22.0 Å². The minimum Gasteiger partial charge on any atom is -0.471 e. The second kappa shape index (κ2) is 5.02. The fourth-order valence-electron chi connectivity index (χ4n) is 1.27. The zero-order valence-corrected chi connectivity index (χ0v) is 9.87. The Balaban J connectivity index is 2.96. The summed E-state index contributed by atoms with van der Waals surface area (Å²) < 4.78 is 66.8. The van der Waals surface area contributed by atoms with E-state index in [1.165, 1.54) is 14.0 Å². The first-order valence-electron chi connectivity index (χ1n) is 4.88. The van der Waals surface area contributed by atoms with E-state index in [0.29, 0.717) is 0 Å². The van der Waals surface area contributed by atoms with E-state index in [1.807, 2.05) is 0 Å². The average molecular weight is 287 g/mol. The monoisotopic (exact) mass is 287 g/mol. The molecule has 1 aromatic rings. The second-order valence-electron chi connectivity index (χ2n) is 3.66. The van der Waals surface area contributed by atoms with Gasteiger partial charge in [0.15, 0.2) is 6.61 Å². The third-order valence-electron chi connectivity index (χ3n) is 2.21. The lowest BCUT2D eigenvalue weighted by Gasteiger charge is -2.19. The Morgan fingerprint density at radius 2 is 1.95 bits per heavy atom. The molecule has 0 fully saturated rings. The van der Waals surface area contributed by atoms with Gasteiger partial charge in [0.05, 0.1) is 17.5 Å². The Bertz CT molecular complexity index is 481. The molecule has 0 aliphatic carbocycles. The molecule has 1 rings (SSSR count). The van der Waals surface area contributed by atoms with E-state index in [2.05, 4.69) is 15.0 Å². The molecule has 1 aromatic heterocycles. The first-order valence-corrected chi connectivity index (χ1v) is 4.88. The number of aryl methyl sites for hydroxylation is 2. The Morgan fingerprint density at radius 3 is 2.42 bits per heavy atom. The fraction of sp³-hybridized carbons (Fsp3) is 0.556. The molecule has 0 aromatic carbocycles. The molecule has 0 unspecified atom stereocenters. The summed E-state index contributed by atoms with van der Waals surface area (Å²) in [6.07, 6.45) is -4.87. The van der Waals surface area contributed by atoms with Crippen LogP contribution in [-0.2, 0) is 7.05 Å². The van der Waals surface area contributed by atoms with Crippen LogP contribution in [0.1, 0.15) is 11.3 Å². The highest BCUT2D eigenvalue weighted by Gasteiger charge is 2.58. The Kier molecular flexibility index (Phi) is 4.01. The maximum atomic E-state index is 12.7. The van der Waals surface area contributed by atoms with E-state index in [0.717, 1.165) is 10.9 Å². The Labute approximate surface area is 104 Å². The minimum atomic E-state index is -5.70. The van der Waals surface area contributed by atoms with Crippen LogP contribution >= 0.6 is 0 Å². The molecule has 0 aliphatic rings. The molecule has 0 saturated heterocycles. The summed E-state index contributed by atoms with van der Waals surface area (Å²) in [6, 6.07) is 0. The lowest BCUT2D eigenvalue weighted by Crippen LogP contribution is -2.42. The molecule has 0 bridgehead atoms. The molecule has 108 valence electrons. The Morgan fingerprint density at radius 1 is 1.37 bits per heavy atom. The summed E-state index contributed by atoms with van der Waals surface area (Å²) in [4.78, 5) is 0. The Hall–Kier alpha value is -1.87. The van der Waals surface area contributed by atoms with Crippen molar-refractivity contribution < 1.29 is 31.9 Å². The van der Waals surface area contributed by atoms with Crippen molar-refractivity contribution in [3.05, 3.63) is 11.3 Å². The van der Waals surface area contributed by atoms with Gasteiger partial charge in [0.2, 0.25) is 5.88 Å². The summed E-state index contributed by atoms with van der Waals surface area (Å²) in [7, 11) is 1.29. The second-order valence-corrected chi connectivity index (χ2v) is 3.66. The quantitative estimate of drug-likeness (QED) is 0.399. The third kappa shape index (κ3) is 3.12. The van der Waals surface area contributed by atoms with Crippen molar-refractivity contribution in [2.24, 2.45) is 12.2 Å². The minimum absolute atomic E-state index is 0.0166. The summed E-state index contributed by atoms with van der Waals surface area (Å²) >= 11 is 0. The molecule has 0 atom stereocenters. The van der Waals surface area contributed by atoms with Crippen molar-refractivity contribution in [2.75, 3.05) is 6.61 Å². The molecule has 0 amide bonds. The fourth-order valence-corrected chi connectivity index (χ4v) is 1.27. The van der Waals surface area contributed by atoms with Crippen LogP contribution in [0.5, 0.6) is 5.88 Å². The number of ether oxygens (including phenoxy) is 1. The average Bonchev–Trinajstić information content (AvgIpc) is 2.50. The van der Waals surface area contributed by atoms with Gasteiger partial charge in [-0.3, -0.25) is 0 Å². The van der Waals surface area contributed by atoms with E-state index in [4.69, 9.17) is 5.21 Å². The van der Waals surface area contributed by atoms with Crippen molar-refractivity contribution >= 4 is 6.21 Å². The first kappa shape index (κ1) is 15.2. The standard InChI is InChI=1S/C9H10F5N3O2/c1-5-6(3-15-18)7(17(2)16-5)19-4-8(10,11)9(12,13)14/h3,18H,4H2,1-2H3/b15-3-. The highest BCUT2D eigenvalue weighted by molar-refractivity contribution is 5.83. The maximum absolute atomic E-state index is 12.7. The maximum Gasteiger partial charge on any atom is 0.456 e. The summed E-state index contributed by atoms with van der Waals surface area (Å²) in [5, 5.41) is 14.8. The number of hydrogen-bond donors (Lipinski definition) is 1. The molecule has 0 radical (unpaired) electrons. The van der Waals surface area contributed by atoms with Gasteiger partial charge in [-0.05, 0) is 6.92 Å². The molecule has 1 heterocycles.